The third-order valence-electron chi connectivity index (χ3n) is 2.95. The normalized spacial score (nSPS) is 16.0. The molecule has 0 aliphatic heterocycles. The SMILES string of the molecule is CCCNC(C)(CC(C)Sc1cnn(C)c1)C(=O)O. The van der Waals surface area contributed by atoms with Crippen LogP contribution in [0.3, 0.4) is 0 Å². The lowest BCUT2D eigenvalue weighted by atomic mass is 9.96. The van der Waals surface area contributed by atoms with Crippen molar-refractivity contribution in [1.29, 1.82) is 0 Å². The zero-order chi connectivity index (χ0) is 14.5. The number of carbonyl (C=O) groups is 1. The first-order chi connectivity index (χ1) is 8.87. The predicted molar refractivity (Wildman–Crippen MR) is 77.5 cm³/mol. The minimum Gasteiger partial charge on any atom is -0.480 e. The van der Waals surface area contributed by atoms with Gasteiger partial charge in [0.2, 0.25) is 0 Å². The number of aliphatic carboxylic acids is 1. The van der Waals surface area contributed by atoms with Crippen molar-refractivity contribution in [2.75, 3.05) is 6.54 Å². The molecule has 1 heterocycles. The maximum absolute atomic E-state index is 11.4. The van der Waals surface area contributed by atoms with E-state index in [2.05, 4.69) is 10.4 Å². The molecule has 19 heavy (non-hydrogen) atoms. The highest BCUT2D eigenvalue weighted by molar-refractivity contribution is 7.99. The molecule has 2 unspecified atom stereocenters. The predicted octanol–water partition coefficient (Wildman–Crippen LogP) is 2.13. The van der Waals surface area contributed by atoms with Crippen molar-refractivity contribution in [3.63, 3.8) is 0 Å². The van der Waals surface area contributed by atoms with Crippen LogP contribution in [0.2, 0.25) is 0 Å². The number of rotatable bonds is 8. The van der Waals surface area contributed by atoms with Gasteiger partial charge in [-0.25, -0.2) is 0 Å². The molecule has 2 N–H and O–H groups in total. The molecule has 108 valence electrons. The van der Waals surface area contributed by atoms with Gasteiger partial charge in [0.05, 0.1) is 6.20 Å². The zero-order valence-corrected chi connectivity index (χ0v) is 12.8. The highest BCUT2D eigenvalue weighted by atomic mass is 32.2. The Labute approximate surface area is 118 Å². The van der Waals surface area contributed by atoms with Crippen LogP contribution >= 0.6 is 11.8 Å². The van der Waals surface area contributed by atoms with Crippen molar-refractivity contribution in [2.45, 2.75) is 49.3 Å². The van der Waals surface area contributed by atoms with E-state index in [0.29, 0.717) is 13.0 Å². The Hall–Kier alpha value is -1.01. The summed E-state index contributed by atoms with van der Waals surface area (Å²) in [5.41, 5.74) is -0.870. The molecule has 0 spiro atoms. The highest BCUT2D eigenvalue weighted by Crippen LogP contribution is 2.28. The molecule has 0 saturated heterocycles. The van der Waals surface area contributed by atoms with Crippen LogP contribution in [0.25, 0.3) is 0 Å². The van der Waals surface area contributed by atoms with Crippen molar-refractivity contribution < 1.29 is 9.90 Å². The molecule has 1 rings (SSSR count). The fourth-order valence-corrected chi connectivity index (χ4v) is 3.15. The van der Waals surface area contributed by atoms with Crippen LogP contribution in [0.1, 0.15) is 33.6 Å². The Balaban J connectivity index is 2.60. The number of nitrogens with zero attached hydrogens (tertiary/aromatic N) is 2. The van der Waals surface area contributed by atoms with Gasteiger partial charge in [0.25, 0.3) is 0 Å². The average Bonchev–Trinajstić information content (AvgIpc) is 2.71. The van der Waals surface area contributed by atoms with Crippen molar-refractivity contribution in [2.24, 2.45) is 7.05 Å². The van der Waals surface area contributed by atoms with Crippen LogP contribution in [0.4, 0.5) is 0 Å². The summed E-state index contributed by atoms with van der Waals surface area (Å²) in [6.07, 6.45) is 5.24. The Morgan fingerprint density at radius 1 is 1.68 bits per heavy atom. The van der Waals surface area contributed by atoms with Crippen LogP contribution < -0.4 is 5.32 Å². The lowest BCUT2D eigenvalue weighted by Crippen LogP contribution is -2.51. The Bertz CT molecular complexity index is 422. The Morgan fingerprint density at radius 2 is 2.37 bits per heavy atom. The molecule has 0 aliphatic carbocycles. The van der Waals surface area contributed by atoms with Crippen LogP contribution in [0.15, 0.2) is 17.3 Å². The minimum absolute atomic E-state index is 0.203. The molecule has 0 radical (unpaired) electrons. The molecular formula is C13H23N3O2S. The summed E-state index contributed by atoms with van der Waals surface area (Å²) in [6, 6.07) is 0. The molecule has 1 aromatic heterocycles. The topological polar surface area (TPSA) is 67.2 Å². The second-order valence-electron chi connectivity index (χ2n) is 5.05. The summed E-state index contributed by atoms with van der Waals surface area (Å²) in [6.45, 7) is 6.55. The monoisotopic (exact) mass is 285 g/mol. The molecule has 2 atom stereocenters. The third-order valence-corrected chi connectivity index (χ3v) is 4.00. The van der Waals surface area contributed by atoms with Gasteiger partial charge >= 0.3 is 5.97 Å². The Kier molecular flexibility index (Phi) is 5.87. The fourth-order valence-electron chi connectivity index (χ4n) is 1.94. The maximum Gasteiger partial charge on any atom is 0.323 e. The fraction of sp³-hybridized carbons (Fsp3) is 0.692. The molecule has 0 aliphatic rings. The smallest absolute Gasteiger partial charge is 0.323 e. The summed E-state index contributed by atoms with van der Waals surface area (Å²) in [5, 5.41) is 16.8. The number of hydrogen-bond donors (Lipinski definition) is 2. The summed E-state index contributed by atoms with van der Waals surface area (Å²) in [5.74, 6) is -0.792. The largest absolute Gasteiger partial charge is 0.480 e. The quantitative estimate of drug-likeness (QED) is 0.716. The first-order valence-electron chi connectivity index (χ1n) is 6.51. The number of aryl methyl sites for hydroxylation is 1. The van der Waals surface area contributed by atoms with Gasteiger partial charge in [-0.15, -0.1) is 11.8 Å². The Morgan fingerprint density at radius 3 is 2.84 bits per heavy atom. The van der Waals surface area contributed by atoms with Gasteiger partial charge in [-0.2, -0.15) is 5.10 Å². The van der Waals surface area contributed by atoms with Crippen LogP contribution in [-0.4, -0.2) is 38.2 Å². The average molecular weight is 285 g/mol. The summed E-state index contributed by atoms with van der Waals surface area (Å²) in [7, 11) is 1.87. The lowest BCUT2D eigenvalue weighted by molar-refractivity contribution is -0.144. The van der Waals surface area contributed by atoms with E-state index in [9.17, 15) is 9.90 Å². The molecule has 0 amide bonds. The van der Waals surface area contributed by atoms with E-state index in [-0.39, 0.29) is 5.25 Å². The van der Waals surface area contributed by atoms with Gasteiger partial charge in [0.1, 0.15) is 5.54 Å². The maximum atomic E-state index is 11.4. The first-order valence-corrected chi connectivity index (χ1v) is 7.39. The van der Waals surface area contributed by atoms with Gasteiger partial charge < -0.3 is 10.4 Å². The number of thioether (sulfide) groups is 1. The lowest BCUT2D eigenvalue weighted by Gasteiger charge is -2.28. The number of aromatic nitrogens is 2. The van der Waals surface area contributed by atoms with Gasteiger partial charge in [0.15, 0.2) is 0 Å². The number of carboxylic acids is 1. The second kappa shape index (κ2) is 6.96. The van der Waals surface area contributed by atoms with E-state index < -0.39 is 11.5 Å². The van der Waals surface area contributed by atoms with Crippen LogP contribution in [-0.2, 0) is 11.8 Å². The van der Waals surface area contributed by atoms with Gasteiger partial charge in [-0.3, -0.25) is 9.48 Å². The van der Waals surface area contributed by atoms with E-state index in [4.69, 9.17) is 0 Å². The third kappa shape index (κ3) is 4.87. The second-order valence-corrected chi connectivity index (χ2v) is 6.56. The number of carboxylic acid groups (broad SMARTS) is 1. The molecule has 1 aromatic rings. The van der Waals surface area contributed by atoms with Gasteiger partial charge in [-0.05, 0) is 26.3 Å². The number of hydrogen-bond acceptors (Lipinski definition) is 4. The van der Waals surface area contributed by atoms with Crippen molar-refractivity contribution >= 4 is 17.7 Å². The van der Waals surface area contributed by atoms with E-state index in [1.807, 2.05) is 27.1 Å². The molecule has 0 saturated carbocycles. The molecule has 0 fully saturated rings. The summed E-state index contributed by atoms with van der Waals surface area (Å²) >= 11 is 1.66. The first kappa shape index (κ1) is 16.0. The number of nitrogens with one attached hydrogen (secondary N) is 1. The molecule has 0 aromatic carbocycles. The highest BCUT2D eigenvalue weighted by Gasteiger charge is 2.34. The van der Waals surface area contributed by atoms with Crippen LogP contribution in [0, 0.1) is 0 Å². The van der Waals surface area contributed by atoms with Crippen molar-refractivity contribution in [3.8, 4) is 0 Å². The molecule has 6 heteroatoms. The van der Waals surface area contributed by atoms with E-state index in [1.165, 1.54) is 0 Å². The molecule has 5 nitrogen and oxygen atoms in total. The van der Waals surface area contributed by atoms with Crippen molar-refractivity contribution in [1.82, 2.24) is 15.1 Å². The zero-order valence-electron chi connectivity index (χ0n) is 12.0. The summed E-state index contributed by atoms with van der Waals surface area (Å²) < 4.78 is 1.75. The van der Waals surface area contributed by atoms with Crippen LogP contribution in [0.5, 0.6) is 0 Å². The van der Waals surface area contributed by atoms with Gasteiger partial charge in [-0.1, -0.05) is 13.8 Å². The molecule has 0 bridgehead atoms. The van der Waals surface area contributed by atoms with E-state index >= 15 is 0 Å². The standard InChI is InChI=1S/C13H23N3O2S/c1-5-6-14-13(3,12(17)18)7-10(2)19-11-8-15-16(4)9-11/h8-10,14H,5-7H2,1-4H3,(H,17,18). The van der Waals surface area contributed by atoms with Crippen molar-refractivity contribution in [3.05, 3.63) is 12.4 Å². The van der Waals surface area contributed by atoms with E-state index in [0.717, 1.165) is 11.3 Å². The minimum atomic E-state index is -0.870. The van der Waals surface area contributed by atoms with E-state index in [1.54, 1.807) is 29.6 Å². The molecular weight excluding hydrogens is 262 g/mol. The summed E-state index contributed by atoms with van der Waals surface area (Å²) in [4.78, 5) is 12.5. The van der Waals surface area contributed by atoms with Gasteiger partial charge in [0, 0.05) is 23.4 Å².